The van der Waals surface area contributed by atoms with E-state index >= 15 is 0 Å². The number of ether oxygens (including phenoxy) is 2. The second kappa shape index (κ2) is 8.25. The third-order valence-corrected chi connectivity index (χ3v) is 3.27. The third kappa shape index (κ3) is 5.07. The van der Waals surface area contributed by atoms with Crippen molar-refractivity contribution in [3.8, 4) is 11.5 Å². The van der Waals surface area contributed by atoms with Gasteiger partial charge in [-0.05, 0) is 39.3 Å². The van der Waals surface area contributed by atoms with Gasteiger partial charge >= 0.3 is 0 Å². The second-order valence-electron chi connectivity index (χ2n) is 5.61. The molecule has 0 saturated carbocycles. The molecule has 0 aliphatic rings. The van der Waals surface area contributed by atoms with E-state index in [1.54, 1.807) is 12.1 Å². The minimum atomic E-state index is -0.493. The van der Waals surface area contributed by atoms with Crippen LogP contribution in [0.1, 0.15) is 44.5 Å². The van der Waals surface area contributed by atoms with Crippen LogP contribution >= 0.6 is 11.6 Å². The molecule has 1 aromatic rings. The smallest absolute Gasteiger partial charge is 0.251 e. The van der Waals surface area contributed by atoms with Crippen LogP contribution in [0.15, 0.2) is 12.1 Å². The highest BCUT2D eigenvalue weighted by Gasteiger charge is 2.22. The molecule has 124 valence electrons. The van der Waals surface area contributed by atoms with Crippen molar-refractivity contribution in [2.24, 2.45) is 5.73 Å². The largest absolute Gasteiger partial charge is 0.490 e. The van der Waals surface area contributed by atoms with E-state index in [1.165, 1.54) is 0 Å². The molecule has 0 aliphatic heterocycles. The fraction of sp³-hybridized carbons (Fsp3) is 0.562. The van der Waals surface area contributed by atoms with Crippen molar-refractivity contribution in [3.63, 3.8) is 0 Å². The summed E-state index contributed by atoms with van der Waals surface area (Å²) in [7, 11) is 0. The van der Waals surface area contributed by atoms with Crippen molar-refractivity contribution in [1.82, 2.24) is 5.32 Å². The first-order valence-electron chi connectivity index (χ1n) is 7.46. The maximum Gasteiger partial charge on any atom is 0.251 e. The summed E-state index contributed by atoms with van der Waals surface area (Å²) in [5.74, 6) is 0.694. The van der Waals surface area contributed by atoms with E-state index in [2.05, 4.69) is 5.32 Å². The molecule has 0 unspecified atom stereocenters. The number of carbonyl (C=O) groups excluding carboxylic acids is 1. The number of carbonyl (C=O) groups is 1. The van der Waals surface area contributed by atoms with E-state index in [0.717, 1.165) is 6.42 Å². The van der Waals surface area contributed by atoms with Gasteiger partial charge in [0.05, 0.1) is 18.2 Å². The number of benzene rings is 1. The molecule has 0 aromatic heterocycles. The van der Waals surface area contributed by atoms with Crippen LogP contribution in [0.25, 0.3) is 0 Å². The van der Waals surface area contributed by atoms with Crippen molar-refractivity contribution >= 4 is 17.5 Å². The van der Waals surface area contributed by atoms with Crippen LogP contribution in [0, 0.1) is 0 Å². The maximum atomic E-state index is 12.3. The molecule has 0 radical (unpaired) electrons. The van der Waals surface area contributed by atoms with Gasteiger partial charge in [0, 0.05) is 17.6 Å². The molecule has 1 rings (SSSR count). The number of nitrogens with one attached hydrogen (secondary N) is 1. The zero-order valence-electron chi connectivity index (χ0n) is 13.7. The van der Waals surface area contributed by atoms with Crippen molar-refractivity contribution in [2.75, 3.05) is 19.8 Å². The van der Waals surface area contributed by atoms with Gasteiger partial charge in [0.15, 0.2) is 11.5 Å². The van der Waals surface area contributed by atoms with Gasteiger partial charge in [-0.3, -0.25) is 4.79 Å². The molecule has 0 aliphatic carbocycles. The molecular weight excluding hydrogens is 304 g/mol. The molecule has 6 heteroatoms. The first kappa shape index (κ1) is 18.6. The lowest BCUT2D eigenvalue weighted by molar-refractivity contribution is 0.0915. The first-order valence-corrected chi connectivity index (χ1v) is 7.84. The molecule has 5 nitrogen and oxygen atoms in total. The van der Waals surface area contributed by atoms with Gasteiger partial charge in [0.1, 0.15) is 0 Å². The highest BCUT2D eigenvalue weighted by atomic mass is 35.5. The molecule has 3 N–H and O–H groups in total. The standard InChI is InChI=1S/C16H25ClN2O3/c1-5-7-22-14-12(17)8-11(9-13(14)21-6-2)15(20)19-16(3,4)10-18/h8-9H,5-7,10,18H2,1-4H3,(H,19,20). The van der Waals surface area contributed by atoms with E-state index in [-0.39, 0.29) is 5.91 Å². The molecule has 1 amide bonds. The Labute approximate surface area is 137 Å². The normalized spacial score (nSPS) is 11.2. The van der Waals surface area contributed by atoms with E-state index < -0.39 is 5.54 Å². The van der Waals surface area contributed by atoms with Gasteiger partial charge in [-0.2, -0.15) is 0 Å². The second-order valence-corrected chi connectivity index (χ2v) is 6.02. The van der Waals surface area contributed by atoms with Gasteiger partial charge < -0.3 is 20.5 Å². The quantitative estimate of drug-likeness (QED) is 0.769. The zero-order chi connectivity index (χ0) is 16.8. The summed E-state index contributed by atoms with van der Waals surface area (Å²) in [4.78, 5) is 12.3. The molecule has 0 fully saturated rings. The van der Waals surface area contributed by atoms with Crippen LogP contribution in [0.3, 0.4) is 0 Å². The highest BCUT2D eigenvalue weighted by Crippen LogP contribution is 2.36. The first-order chi connectivity index (χ1) is 10.3. The Bertz CT molecular complexity index is 518. The van der Waals surface area contributed by atoms with Gasteiger partial charge in [-0.15, -0.1) is 0 Å². The average molecular weight is 329 g/mol. The van der Waals surface area contributed by atoms with Crippen molar-refractivity contribution in [1.29, 1.82) is 0 Å². The molecule has 1 aromatic carbocycles. The Kier molecular flexibility index (Phi) is 6.97. The summed E-state index contributed by atoms with van der Waals surface area (Å²) < 4.78 is 11.2. The minimum absolute atomic E-state index is 0.250. The number of halogens is 1. The third-order valence-electron chi connectivity index (χ3n) is 2.98. The highest BCUT2D eigenvalue weighted by molar-refractivity contribution is 6.32. The monoisotopic (exact) mass is 328 g/mol. The predicted octanol–water partition coefficient (Wildman–Crippen LogP) is 2.99. The summed E-state index contributed by atoms with van der Waals surface area (Å²) in [5, 5.41) is 3.22. The maximum absolute atomic E-state index is 12.3. The molecular formula is C16H25ClN2O3. The molecule has 0 saturated heterocycles. The summed E-state index contributed by atoms with van der Waals surface area (Å²) in [5.41, 5.74) is 5.56. The van der Waals surface area contributed by atoms with Crippen molar-refractivity contribution < 1.29 is 14.3 Å². The van der Waals surface area contributed by atoms with Gasteiger partial charge in [0.2, 0.25) is 0 Å². The Morgan fingerprint density at radius 3 is 2.55 bits per heavy atom. The number of nitrogens with two attached hydrogens (primary N) is 1. The fourth-order valence-corrected chi connectivity index (χ4v) is 2.00. The van der Waals surface area contributed by atoms with Gasteiger partial charge in [0.25, 0.3) is 5.91 Å². The molecule has 22 heavy (non-hydrogen) atoms. The number of rotatable bonds is 8. The minimum Gasteiger partial charge on any atom is -0.490 e. The van der Waals surface area contributed by atoms with Crippen LogP contribution < -0.4 is 20.5 Å². The van der Waals surface area contributed by atoms with Crippen LogP contribution in [0.2, 0.25) is 5.02 Å². The van der Waals surface area contributed by atoms with E-state index in [0.29, 0.717) is 41.8 Å². The Morgan fingerprint density at radius 1 is 1.32 bits per heavy atom. The fourth-order valence-electron chi connectivity index (χ4n) is 1.74. The van der Waals surface area contributed by atoms with E-state index in [9.17, 15) is 4.79 Å². The average Bonchev–Trinajstić information content (AvgIpc) is 2.46. The van der Waals surface area contributed by atoms with Crippen LogP contribution in [0.4, 0.5) is 0 Å². The van der Waals surface area contributed by atoms with Crippen LogP contribution in [-0.2, 0) is 0 Å². The summed E-state index contributed by atoms with van der Waals surface area (Å²) in [6.07, 6.45) is 0.856. The van der Waals surface area contributed by atoms with Crippen molar-refractivity contribution in [3.05, 3.63) is 22.7 Å². The summed E-state index contributed by atoms with van der Waals surface area (Å²) in [6, 6.07) is 3.22. The lowest BCUT2D eigenvalue weighted by atomic mass is 10.0. The van der Waals surface area contributed by atoms with Crippen LogP contribution in [0.5, 0.6) is 11.5 Å². The Morgan fingerprint density at radius 2 is 2.00 bits per heavy atom. The van der Waals surface area contributed by atoms with Crippen LogP contribution in [-0.4, -0.2) is 31.2 Å². The molecule has 0 spiro atoms. The SMILES string of the molecule is CCCOc1c(Cl)cc(C(=O)NC(C)(C)CN)cc1OCC. The molecule has 0 heterocycles. The number of hydrogen-bond donors (Lipinski definition) is 2. The lowest BCUT2D eigenvalue weighted by Gasteiger charge is -2.24. The molecule has 0 atom stereocenters. The number of amides is 1. The lowest BCUT2D eigenvalue weighted by Crippen LogP contribution is -2.48. The van der Waals surface area contributed by atoms with E-state index in [4.69, 9.17) is 26.8 Å². The number of hydrogen-bond acceptors (Lipinski definition) is 4. The Balaban J connectivity index is 3.09. The topological polar surface area (TPSA) is 73.6 Å². The summed E-state index contributed by atoms with van der Waals surface area (Å²) in [6.45, 7) is 8.91. The van der Waals surface area contributed by atoms with Gasteiger partial charge in [-0.1, -0.05) is 18.5 Å². The van der Waals surface area contributed by atoms with E-state index in [1.807, 2.05) is 27.7 Å². The van der Waals surface area contributed by atoms with Gasteiger partial charge in [-0.25, -0.2) is 0 Å². The molecule has 0 bridgehead atoms. The predicted molar refractivity (Wildman–Crippen MR) is 89.0 cm³/mol. The van der Waals surface area contributed by atoms with Crippen molar-refractivity contribution in [2.45, 2.75) is 39.7 Å². The zero-order valence-corrected chi connectivity index (χ0v) is 14.4. The summed E-state index contributed by atoms with van der Waals surface area (Å²) >= 11 is 6.25. The Hall–Kier alpha value is -1.46.